The number of hydrogen-bond donors (Lipinski definition) is 2. The molecule has 0 heterocycles. The average Bonchev–Trinajstić information content (AvgIpc) is 2.28. The maximum Gasteiger partial charge on any atom is 0.221 e. The number of carbonyl (C=O) groups is 1. The van der Waals surface area contributed by atoms with Crippen LogP contribution in [0.5, 0.6) is 0 Å². The molecule has 0 aliphatic rings. The minimum atomic E-state index is 0.0846. The van der Waals surface area contributed by atoms with Gasteiger partial charge in [-0.15, -0.1) is 0 Å². The lowest BCUT2D eigenvalue weighted by molar-refractivity contribution is -0.121. The highest BCUT2D eigenvalue weighted by molar-refractivity contribution is 9.10. The van der Waals surface area contributed by atoms with Crippen molar-refractivity contribution in [2.75, 3.05) is 6.54 Å². The molecule has 17 heavy (non-hydrogen) atoms. The number of hydrogen-bond acceptors (Lipinski definition) is 2. The molecule has 94 valence electrons. The number of benzene rings is 1. The molecule has 1 unspecified atom stereocenters. The Bertz CT molecular complexity index is 351. The Morgan fingerprint density at radius 3 is 2.59 bits per heavy atom. The Labute approximate surface area is 111 Å². The van der Waals surface area contributed by atoms with E-state index in [1.54, 1.807) is 0 Å². The standard InChI is InChI=1S/C13H19BrN2O/c1-3-15-10(2)8-13(17)16-9-11-4-6-12(14)7-5-11/h4-7,10,15H,3,8-9H2,1-2H3,(H,16,17). The second kappa shape index (κ2) is 7.45. The van der Waals surface area contributed by atoms with Gasteiger partial charge in [-0.25, -0.2) is 0 Å². The van der Waals surface area contributed by atoms with Gasteiger partial charge in [-0.05, 0) is 31.2 Å². The second-order valence-corrected chi connectivity index (χ2v) is 4.98. The topological polar surface area (TPSA) is 41.1 Å². The molecule has 0 fully saturated rings. The summed E-state index contributed by atoms with van der Waals surface area (Å²) in [5, 5.41) is 6.13. The molecule has 1 amide bonds. The first-order chi connectivity index (χ1) is 8.11. The third kappa shape index (κ3) is 5.84. The van der Waals surface area contributed by atoms with E-state index < -0.39 is 0 Å². The van der Waals surface area contributed by atoms with Gasteiger partial charge < -0.3 is 10.6 Å². The van der Waals surface area contributed by atoms with E-state index in [0.29, 0.717) is 13.0 Å². The number of halogens is 1. The number of amides is 1. The van der Waals surface area contributed by atoms with Crippen molar-refractivity contribution in [3.8, 4) is 0 Å². The van der Waals surface area contributed by atoms with Gasteiger partial charge in [-0.2, -0.15) is 0 Å². The predicted molar refractivity (Wildman–Crippen MR) is 73.7 cm³/mol. The van der Waals surface area contributed by atoms with Gasteiger partial charge in [0.2, 0.25) is 5.91 Å². The predicted octanol–water partition coefficient (Wildman–Crippen LogP) is 2.45. The molecule has 0 spiro atoms. The lowest BCUT2D eigenvalue weighted by Crippen LogP contribution is -2.33. The van der Waals surface area contributed by atoms with E-state index in [2.05, 4.69) is 26.6 Å². The van der Waals surface area contributed by atoms with Crippen molar-refractivity contribution in [3.63, 3.8) is 0 Å². The quantitative estimate of drug-likeness (QED) is 0.847. The van der Waals surface area contributed by atoms with Gasteiger partial charge in [-0.3, -0.25) is 4.79 Å². The Morgan fingerprint density at radius 1 is 1.35 bits per heavy atom. The van der Waals surface area contributed by atoms with E-state index in [4.69, 9.17) is 0 Å². The summed E-state index contributed by atoms with van der Waals surface area (Å²) in [6.07, 6.45) is 0.518. The first kappa shape index (κ1) is 14.2. The maximum absolute atomic E-state index is 11.6. The molecule has 1 aromatic rings. The summed E-state index contributed by atoms with van der Waals surface area (Å²) < 4.78 is 1.05. The summed E-state index contributed by atoms with van der Waals surface area (Å²) in [4.78, 5) is 11.6. The van der Waals surface area contributed by atoms with E-state index in [-0.39, 0.29) is 11.9 Å². The normalized spacial score (nSPS) is 12.2. The molecular formula is C13H19BrN2O. The Morgan fingerprint density at radius 2 is 2.00 bits per heavy atom. The van der Waals surface area contributed by atoms with E-state index in [1.165, 1.54) is 0 Å². The van der Waals surface area contributed by atoms with Gasteiger partial charge in [0.05, 0.1) is 0 Å². The summed E-state index contributed by atoms with van der Waals surface area (Å²) in [6, 6.07) is 8.17. The van der Waals surface area contributed by atoms with Gasteiger partial charge in [-0.1, -0.05) is 35.0 Å². The lowest BCUT2D eigenvalue weighted by Gasteiger charge is -2.12. The zero-order chi connectivity index (χ0) is 12.7. The van der Waals surface area contributed by atoms with Crippen LogP contribution >= 0.6 is 15.9 Å². The summed E-state index contributed by atoms with van der Waals surface area (Å²) in [7, 11) is 0. The van der Waals surface area contributed by atoms with E-state index in [1.807, 2.05) is 38.1 Å². The van der Waals surface area contributed by atoms with Crippen LogP contribution in [-0.2, 0) is 11.3 Å². The molecule has 0 aromatic heterocycles. The number of rotatable bonds is 6. The van der Waals surface area contributed by atoms with Crippen molar-refractivity contribution in [1.29, 1.82) is 0 Å². The molecule has 1 atom stereocenters. The van der Waals surface area contributed by atoms with Crippen molar-refractivity contribution in [3.05, 3.63) is 34.3 Å². The molecule has 4 heteroatoms. The van der Waals surface area contributed by atoms with Gasteiger partial charge in [0.1, 0.15) is 0 Å². The van der Waals surface area contributed by atoms with E-state index >= 15 is 0 Å². The maximum atomic E-state index is 11.6. The third-order valence-corrected chi connectivity index (χ3v) is 2.98. The first-order valence-electron chi connectivity index (χ1n) is 5.86. The Hall–Kier alpha value is -0.870. The van der Waals surface area contributed by atoms with Crippen LogP contribution < -0.4 is 10.6 Å². The third-order valence-electron chi connectivity index (χ3n) is 2.45. The fourth-order valence-corrected chi connectivity index (χ4v) is 1.84. The highest BCUT2D eigenvalue weighted by Crippen LogP contribution is 2.10. The summed E-state index contributed by atoms with van der Waals surface area (Å²) in [6.45, 7) is 5.53. The molecule has 3 nitrogen and oxygen atoms in total. The lowest BCUT2D eigenvalue weighted by atomic mass is 10.2. The SMILES string of the molecule is CCNC(C)CC(=O)NCc1ccc(Br)cc1. The highest BCUT2D eigenvalue weighted by atomic mass is 79.9. The monoisotopic (exact) mass is 298 g/mol. The van der Waals surface area contributed by atoms with Crippen molar-refractivity contribution in [2.45, 2.75) is 32.9 Å². The number of carbonyl (C=O) groups excluding carboxylic acids is 1. The van der Waals surface area contributed by atoms with Crippen LogP contribution in [0.3, 0.4) is 0 Å². The van der Waals surface area contributed by atoms with Crippen LogP contribution in [0.2, 0.25) is 0 Å². The van der Waals surface area contributed by atoms with Crippen molar-refractivity contribution in [1.82, 2.24) is 10.6 Å². The van der Waals surface area contributed by atoms with Crippen LogP contribution in [0, 0.1) is 0 Å². The van der Waals surface area contributed by atoms with Crippen LogP contribution in [0.4, 0.5) is 0 Å². The largest absolute Gasteiger partial charge is 0.352 e. The molecule has 0 aliphatic carbocycles. The second-order valence-electron chi connectivity index (χ2n) is 4.07. The molecule has 1 rings (SSSR count). The Balaban J connectivity index is 2.30. The van der Waals surface area contributed by atoms with Crippen LogP contribution in [0.25, 0.3) is 0 Å². The molecule has 2 N–H and O–H groups in total. The Kier molecular flexibility index (Phi) is 6.22. The summed E-state index contributed by atoms with van der Waals surface area (Å²) in [5.74, 6) is 0.0846. The fraction of sp³-hybridized carbons (Fsp3) is 0.462. The van der Waals surface area contributed by atoms with Gasteiger partial charge in [0.15, 0.2) is 0 Å². The van der Waals surface area contributed by atoms with Gasteiger partial charge in [0.25, 0.3) is 0 Å². The minimum Gasteiger partial charge on any atom is -0.352 e. The minimum absolute atomic E-state index is 0.0846. The molecule has 0 aliphatic heterocycles. The average molecular weight is 299 g/mol. The van der Waals surface area contributed by atoms with Crippen molar-refractivity contribution in [2.24, 2.45) is 0 Å². The van der Waals surface area contributed by atoms with Crippen molar-refractivity contribution >= 4 is 21.8 Å². The van der Waals surface area contributed by atoms with Crippen LogP contribution in [0.1, 0.15) is 25.8 Å². The zero-order valence-electron chi connectivity index (χ0n) is 10.3. The van der Waals surface area contributed by atoms with Crippen LogP contribution in [-0.4, -0.2) is 18.5 Å². The van der Waals surface area contributed by atoms with E-state index in [0.717, 1.165) is 16.6 Å². The van der Waals surface area contributed by atoms with Crippen molar-refractivity contribution < 1.29 is 4.79 Å². The molecule has 0 bridgehead atoms. The zero-order valence-corrected chi connectivity index (χ0v) is 11.9. The summed E-state index contributed by atoms with van der Waals surface area (Å²) in [5.41, 5.74) is 1.11. The molecule has 0 radical (unpaired) electrons. The van der Waals surface area contributed by atoms with Crippen LogP contribution in [0.15, 0.2) is 28.7 Å². The highest BCUT2D eigenvalue weighted by Gasteiger charge is 2.07. The molecule has 1 aromatic carbocycles. The molecular weight excluding hydrogens is 280 g/mol. The molecule has 0 saturated heterocycles. The number of nitrogens with one attached hydrogen (secondary N) is 2. The van der Waals surface area contributed by atoms with E-state index in [9.17, 15) is 4.79 Å². The fourth-order valence-electron chi connectivity index (χ4n) is 1.57. The first-order valence-corrected chi connectivity index (χ1v) is 6.65. The van der Waals surface area contributed by atoms with Gasteiger partial charge >= 0.3 is 0 Å². The smallest absolute Gasteiger partial charge is 0.221 e. The van der Waals surface area contributed by atoms with Gasteiger partial charge in [0, 0.05) is 23.5 Å². The molecule has 0 saturated carbocycles. The summed E-state index contributed by atoms with van der Waals surface area (Å²) >= 11 is 3.38.